The van der Waals surface area contributed by atoms with Gasteiger partial charge in [0.1, 0.15) is 5.75 Å². The second-order valence-corrected chi connectivity index (χ2v) is 3.71. The number of phenolic OH excluding ortho intramolecular Hbond substituents is 1. The van der Waals surface area contributed by atoms with E-state index in [-0.39, 0.29) is 0 Å². The van der Waals surface area contributed by atoms with Crippen molar-refractivity contribution in [2.45, 2.75) is 25.3 Å². The molecule has 0 bridgehead atoms. The summed E-state index contributed by atoms with van der Waals surface area (Å²) >= 11 is 0. The quantitative estimate of drug-likeness (QED) is 0.663. The Morgan fingerprint density at radius 1 is 1.43 bits per heavy atom. The van der Waals surface area contributed by atoms with Gasteiger partial charge in [0, 0.05) is 18.5 Å². The first-order valence-corrected chi connectivity index (χ1v) is 5.09. The zero-order valence-corrected chi connectivity index (χ0v) is 8.33. The summed E-state index contributed by atoms with van der Waals surface area (Å²) in [5, 5.41) is 9.73. The van der Waals surface area contributed by atoms with E-state index in [4.69, 9.17) is 0 Å². The van der Waals surface area contributed by atoms with E-state index in [1.54, 1.807) is 6.07 Å². The molecule has 76 valence electrons. The zero-order chi connectivity index (χ0) is 9.97. The van der Waals surface area contributed by atoms with Gasteiger partial charge in [0.2, 0.25) is 0 Å². The Morgan fingerprint density at radius 2 is 2.21 bits per heavy atom. The number of hydrazine groups is 1. The standard InChI is InChI=1S/C11H16N2O/c1-2-10-9(7-12-13-10)8-5-3-4-6-11(8)14/h3-6,9-10,12-14H,2,7H2,1H3. The van der Waals surface area contributed by atoms with Crippen molar-refractivity contribution >= 4 is 0 Å². The summed E-state index contributed by atoms with van der Waals surface area (Å²) in [7, 11) is 0. The molecule has 1 fully saturated rings. The van der Waals surface area contributed by atoms with Gasteiger partial charge in [-0.15, -0.1) is 0 Å². The smallest absolute Gasteiger partial charge is 0.119 e. The highest BCUT2D eigenvalue weighted by Gasteiger charge is 2.28. The van der Waals surface area contributed by atoms with E-state index >= 15 is 0 Å². The number of para-hydroxylation sites is 1. The van der Waals surface area contributed by atoms with Crippen molar-refractivity contribution in [3.63, 3.8) is 0 Å². The summed E-state index contributed by atoms with van der Waals surface area (Å²) in [6, 6.07) is 8.00. The van der Waals surface area contributed by atoms with Gasteiger partial charge in [0.25, 0.3) is 0 Å². The number of aromatic hydroxyl groups is 1. The Labute approximate surface area is 84.1 Å². The van der Waals surface area contributed by atoms with Crippen LogP contribution in [0.15, 0.2) is 24.3 Å². The maximum Gasteiger partial charge on any atom is 0.119 e. The number of hydrogen-bond donors (Lipinski definition) is 3. The van der Waals surface area contributed by atoms with Crippen LogP contribution in [0.25, 0.3) is 0 Å². The van der Waals surface area contributed by atoms with E-state index in [2.05, 4.69) is 17.8 Å². The Hall–Kier alpha value is -1.06. The fourth-order valence-electron chi connectivity index (χ4n) is 2.06. The molecule has 0 radical (unpaired) electrons. The predicted octanol–water partition coefficient (Wildman–Crippen LogP) is 1.36. The van der Waals surface area contributed by atoms with Gasteiger partial charge in [-0.1, -0.05) is 25.1 Å². The van der Waals surface area contributed by atoms with Crippen LogP contribution in [0.5, 0.6) is 5.75 Å². The average Bonchev–Trinajstić information content (AvgIpc) is 2.66. The number of rotatable bonds is 2. The largest absolute Gasteiger partial charge is 0.508 e. The topological polar surface area (TPSA) is 44.3 Å². The van der Waals surface area contributed by atoms with Gasteiger partial charge in [-0.25, -0.2) is 0 Å². The molecular formula is C11H16N2O. The zero-order valence-electron chi connectivity index (χ0n) is 8.33. The van der Waals surface area contributed by atoms with E-state index in [9.17, 15) is 5.11 Å². The van der Waals surface area contributed by atoms with Crippen LogP contribution in [0.4, 0.5) is 0 Å². The highest BCUT2D eigenvalue weighted by atomic mass is 16.3. The van der Waals surface area contributed by atoms with Crippen molar-refractivity contribution in [2.24, 2.45) is 0 Å². The second-order valence-electron chi connectivity index (χ2n) is 3.71. The first-order valence-electron chi connectivity index (χ1n) is 5.09. The highest BCUT2D eigenvalue weighted by molar-refractivity contribution is 5.36. The van der Waals surface area contributed by atoms with Crippen molar-refractivity contribution < 1.29 is 5.11 Å². The van der Waals surface area contributed by atoms with Gasteiger partial charge in [0.05, 0.1) is 0 Å². The van der Waals surface area contributed by atoms with Gasteiger partial charge >= 0.3 is 0 Å². The summed E-state index contributed by atoms with van der Waals surface area (Å²) in [6.07, 6.45) is 1.06. The predicted molar refractivity (Wildman–Crippen MR) is 56.1 cm³/mol. The Morgan fingerprint density at radius 3 is 2.93 bits per heavy atom. The van der Waals surface area contributed by atoms with Gasteiger partial charge in [-0.05, 0) is 18.1 Å². The molecule has 1 heterocycles. The Bertz CT molecular complexity index is 314. The molecule has 14 heavy (non-hydrogen) atoms. The Balaban J connectivity index is 2.26. The van der Waals surface area contributed by atoms with E-state index in [0.717, 1.165) is 18.5 Å². The molecule has 0 amide bonds. The average molecular weight is 192 g/mol. The summed E-state index contributed by atoms with van der Waals surface area (Å²) in [5.41, 5.74) is 7.40. The first kappa shape index (κ1) is 9.49. The molecule has 3 heteroatoms. The molecule has 2 unspecified atom stereocenters. The third kappa shape index (κ3) is 1.61. The SMILES string of the molecule is CCC1NNCC1c1ccccc1O. The van der Waals surface area contributed by atoms with Crippen LogP contribution in [0.2, 0.25) is 0 Å². The maximum absolute atomic E-state index is 9.73. The minimum Gasteiger partial charge on any atom is -0.508 e. The minimum absolute atomic E-state index is 0.376. The van der Waals surface area contributed by atoms with Crippen molar-refractivity contribution in [2.75, 3.05) is 6.54 Å². The van der Waals surface area contributed by atoms with Gasteiger partial charge in [-0.2, -0.15) is 0 Å². The minimum atomic E-state index is 0.376. The van der Waals surface area contributed by atoms with Crippen molar-refractivity contribution in [1.29, 1.82) is 0 Å². The molecule has 2 rings (SSSR count). The number of phenols is 1. The van der Waals surface area contributed by atoms with Crippen LogP contribution in [0, 0.1) is 0 Å². The fourth-order valence-corrected chi connectivity index (χ4v) is 2.06. The number of hydrogen-bond acceptors (Lipinski definition) is 3. The highest BCUT2D eigenvalue weighted by Crippen LogP contribution is 2.30. The van der Waals surface area contributed by atoms with E-state index < -0.39 is 0 Å². The summed E-state index contributed by atoms with van der Waals surface area (Å²) in [5.74, 6) is 0.780. The van der Waals surface area contributed by atoms with Gasteiger partial charge in [0.15, 0.2) is 0 Å². The molecule has 0 aromatic heterocycles. The summed E-state index contributed by atoms with van der Waals surface area (Å²) < 4.78 is 0. The van der Waals surface area contributed by atoms with Crippen LogP contribution in [0.1, 0.15) is 24.8 Å². The summed E-state index contributed by atoms with van der Waals surface area (Å²) in [6.45, 7) is 3.04. The lowest BCUT2D eigenvalue weighted by Gasteiger charge is -2.17. The summed E-state index contributed by atoms with van der Waals surface area (Å²) in [4.78, 5) is 0. The first-order chi connectivity index (χ1) is 6.83. The van der Waals surface area contributed by atoms with Crippen LogP contribution >= 0.6 is 0 Å². The number of benzene rings is 1. The Kier molecular flexibility index (Phi) is 2.70. The van der Waals surface area contributed by atoms with Gasteiger partial charge < -0.3 is 5.11 Å². The monoisotopic (exact) mass is 192 g/mol. The second kappa shape index (κ2) is 3.98. The molecule has 1 aliphatic rings. The molecular weight excluding hydrogens is 176 g/mol. The van der Waals surface area contributed by atoms with E-state index in [1.165, 1.54) is 0 Å². The van der Waals surface area contributed by atoms with E-state index in [1.807, 2.05) is 18.2 Å². The molecule has 3 N–H and O–H groups in total. The van der Waals surface area contributed by atoms with Crippen LogP contribution < -0.4 is 10.9 Å². The van der Waals surface area contributed by atoms with E-state index in [0.29, 0.717) is 17.7 Å². The van der Waals surface area contributed by atoms with Crippen molar-refractivity contribution in [3.8, 4) is 5.75 Å². The fraction of sp³-hybridized carbons (Fsp3) is 0.455. The molecule has 0 saturated carbocycles. The van der Waals surface area contributed by atoms with Crippen molar-refractivity contribution in [1.82, 2.24) is 10.9 Å². The lowest BCUT2D eigenvalue weighted by Crippen LogP contribution is -2.30. The molecule has 3 nitrogen and oxygen atoms in total. The maximum atomic E-state index is 9.73. The molecule has 0 spiro atoms. The normalized spacial score (nSPS) is 26.6. The lowest BCUT2D eigenvalue weighted by atomic mass is 9.91. The third-order valence-corrected chi connectivity index (χ3v) is 2.87. The number of nitrogens with one attached hydrogen (secondary N) is 2. The third-order valence-electron chi connectivity index (χ3n) is 2.87. The molecule has 1 aromatic carbocycles. The molecule has 1 saturated heterocycles. The van der Waals surface area contributed by atoms with Crippen LogP contribution in [0.3, 0.4) is 0 Å². The lowest BCUT2D eigenvalue weighted by molar-refractivity contribution is 0.451. The molecule has 2 atom stereocenters. The van der Waals surface area contributed by atoms with Gasteiger partial charge in [-0.3, -0.25) is 10.9 Å². The molecule has 0 aliphatic carbocycles. The van der Waals surface area contributed by atoms with Crippen molar-refractivity contribution in [3.05, 3.63) is 29.8 Å². The van der Waals surface area contributed by atoms with Crippen LogP contribution in [-0.2, 0) is 0 Å². The molecule has 1 aliphatic heterocycles. The van der Waals surface area contributed by atoms with Crippen LogP contribution in [-0.4, -0.2) is 17.7 Å². The molecule has 1 aromatic rings.